The van der Waals surface area contributed by atoms with E-state index in [0.29, 0.717) is 6.04 Å². The predicted octanol–water partition coefficient (Wildman–Crippen LogP) is 2.69. The predicted molar refractivity (Wildman–Crippen MR) is 99.1 cm³/mol. The highest BCUT2D eigenvalue weighted by Crippen LogP contribution is 2.23. The number of hydrogen-bond acceptors (Lipinski definition) is 2. The van der Waals surface area contributed by atoms with E-state index in [-0.39, 0.29) is 24.0 Å². The van der Waals surface area contributed by atoms with Crippen molar-refractivity contribution in [1.29, 1.82) is 0 Å². The van der Waals surface area contributed by atoms with Crippen LogP contribution >= 0.6 is 24.0 Å². The van der Waals surface area contributed by atoms with Gasteiger partial charge in [0, 0.05) is 19.1 Å². The summed E-state index contributed by atoms with van der Waals surface area (Å²) in [5.74, 6) is 1.90. The second-order valence-corrected chi connectivity index (χ2v) is 6.02. The molecule has 0 aromatic rings. The molecule has 0 aromatic heterocycles. The molecule has 1 fully saturated rings. The molecule has 0 amide bonds. The van der Waals surface area contributed by atoms with Gasteiger partial charge in [-0.1, -0.05) is 6.92 Å². The quantitative estimate of drug-likeness (QED) is 0.314. The monoisotopic (exact) mass is 396 g/mol. The van der Waals surface area contributed by atoms with Gasteiger partial charge in [-0.3, -0.25) is 4.99 Å². The molecule has 5 heteroatoms. The van der Waals surface area contributed by atoms with Crippen LogP contribution in [-0.2, 0) is 0 Å². The minimum atomic E-state index is 0. The van der Waals surface area contributed by atoms with Crippen molar-refractivity contribution in [3.8, 4) is 0 Å². The van der Waals surface area contributed by atoms with E-state index in [1.54, 1.807) is 0 Å². The van der Waals surface area contributed by atoms with Gasteiger partial charge in [0.1, 0.15) is 0 Å². The SMILES string of the molecule is CCNC(=NCCCN(C)C)NC1CCC(C)CC1.I. The topological polar surface area (TPSA) is 39.7 Å². The molecule has 0 bridgehead atoms. The van der Waals surface area contributed by atoms with Gasteiger partial charge < -0.3 is 15.5 Å². The lowest BCUT2D eigenvalue weighted by molar-refractivity contribution is 0.329. The molecule has 4 nitrogen and oxygen atoms in total. The number of rotatable bonds is 6. The number of aliphatic imine (C=N–C) groups is 1. The van der Waals surface area contributed by atoms with Crippen molar-refractivity contribution in [3.05, 3.63) is 0 Å². The van der Waals surface area contributed by atoms with Crippen LogP contribution in [0.3, 0.4) is 0 Å². The maximum atomic E-state index is 4.67. The summed E-state index contributed by atoms with van der Waals surface area (Å²) in [6, 6.07) is 0.614. The average molecular weight is 396 g/mol. The molecule has 0 unspecified atom stereocenters. The summed E-state index contributed by atoms with van der Waals surface area (Å²) >= 11 is 0. The number of halogens is 1. The van der Waals surface area contributed by atoms with Crippen LogP contribution in [0.1, 0.15) is 46.0 Å². The molecule has 1 aliphatic carbocycles. The zero-order valence-corrected chi connectivity index (χ0v) is 15.9. The van der Waals surface area contributed by atoms with E-state index in [1.165, 1.54) is 25.7 Å². The Labute approximate surface area is 142 Å². The molecule has 1 rings (SSSR count). The van der Waals surface area contributed by atoms with Crippen LogP contribution < -0.4 is 10.6 Å². The minimum Gasteiger partial charge on any atom is -0.357 e. The molecule has 0 aromatic carbocycles. The van der Waals surface area contributed by atoms with Gasteiger partial charge >= 0.3 is 0 Å². The van der Waals surface area contributed by atoms with E-state index in [4.69, 9.17) is 0 Å². The maximum Gasteiger partial charge on any atom is 0.191 e. The van der Waals surface area contributed by atoms with Crippen LogP contribution in [0.2, 0.25) is 0 Å². The Morgan fingerprint density at radius 1 is 1.20 bits per heavy atom. The Morgan fingerprint density at radius 3 is 2.40 bits per heavy atom. The largest absolute Gasteiger partial charge is 0.357 e. The lowest BCUT2D eigenvalue weighted by atomic mass is 9.87. The molecule has 0 saturated heterocycles. The van der Waals surface area contributed by atoms with Gasteiger partial charge in [0.15, 0.2) is 5.96 Å². The Balaban J connectivity index is 0.00000361. The highest BCUT2D eigenvalue weighted by molar-refractivity contribution is 14.0. The summed E-state index contributed by atoms with van der Waals surface area (Å²) in [6.45, 7) is 7.42. The first-order valence-electron chi connectivity index (χ1n) is 7.81. The molecule has 2 N–H and O–H groups in total. The van der Waals surface area contributed by atoms with E-state index in [1.807, 2.05) is 0 Å². The van der Waals surface area contributed by atoms with Crippen LogP contribution in [0.25, 0.3) is 0 Å². The average Bonchev–Trinajstić information content (AvgIpc) is 2.37. The molecular weight excluding hydrogens is 363 g/mol. The van der Waals surface area contributed by atoms with Crippen molar-refractivity contribution >= 4 is 29.9 Å². The number of nitrogens with zero attached hydrogens (tertiary/aromatic N) is 2. The lowest BCUT2D eigenvalue weighted by Gasteiger charge is -2.28. The first-order chi connectivity index (χ1) is 9.11. The van der Waals surface area contributed by atoms with Crippen molar-refractivity contribution < 1.29 is 0 Å². The normalized spacial score (nSPS) is 23.4. The fraction of sp³-hybridized carbons (Fsp3) is 0.933. The fourth-order valence-corrected chi connectivity index (χ4v) is 2.50. The number of guanidine groups is 1. The van der Waals surface area contributed by atoms with E-state index in [2.05, 4.69) is 48.5 Å². The van der Waals surface area contributed by atoms with Crippen molar-refractivity contribution in [3.63, 3.8) is 0 Å². The Morgan fingerprint density at radius 2 is 1.85 bits per heavy atom. The molecule has 1 saturated carbocycles. The molecule has 0 atom stereocenters. The first-order valence-corrected chi connectivity index (χ1v) is 7.81. The smallest absolute Gasteiger partial charge is 0.191 e. The standard InChI is InChI=1S/C15H32N4.HI/c1-5-16-15(17-11-6-12-19(3)4)18-14-9-7-13(2)8-10-14;/h13-14H,5-12H2,1-4H3,(H2,16,17,18);1H. The molecular formula is C15H33IN4. The van der Waals surface area contributed by atoms with Crippen LogP contribution in [0.15, 0.2) is 4.99 Å². The van der Waals surface area contributed by atoms with Crippen molar-refractivity contribution in [2.45, 2.75) is 52.0 Å². The van der Waals surface area contributed by atoms with E-state index < -0.39 is 0 Å². The van der Waals surface area contributed by atoms with Crippen LogP contribution in [0.5, 0.6) is 0 Å². The summed E-state index contributed by atoms with van der Waals surface area (Å²) in [7, 11) is 4.22. The molecule has 120 valence electrons. The van der Waals surface area contributed by atoms with Gasteiger partial charge in [0.05, 0.1) is 0 Å². The zero-order chi connectivity index (χ0) is 14.1. The molecule has 1 aliphatic rings. The van der Waals surface area contributed by atoms with E-state index in [0.717, 1.165) is 37.9 Å². The van der Waals surface area contributed by atoms with Crippen molar-refractivity contribution in [2.75, 3.05) is 33.7 Å². The molecule has 0 aliphatic heterocycles. The molecule has 20 heavy (non-hydrogen) atoms. The molecule has 0 heterocycles. The van der Waals surface area contributed by atoms with Crippen molar-refractivity contribution in [1.82, 2.24) is 15.5 Å². The number of hydrogen-bond donors (Lipinski definition) is 2. The maximum absolute atomic E-state index is 4.67. The lowest BCUT2D eigenvalue weighted by Crippen LogP contribution is -2.44. The zero-order valence-electron chi connectivity index (χ0n) is 13.6. The highest BCUT2D eigenvalue weighted by Gasteiger charge is 2.18. The van der Waals surface area contributed by atoms with Gasteiger partial charge in [0.2, 0.25) is 0 Å². The second kappa shape index (κ2) is 11.6. The van der Waals surface area contributed by atoms with E-state index >= 15 is 0 Å². The highest BCUT2D eigenvalue weighted by atomic mass is 127. The van der Waals surface area contributed by atoms with Gasteiger partial charge in [-0.05, 0) is 65.6 Å². The summed E-state index contributed by atoms with van der Waals surface area (Å²) in [6.07, 6.45) is 6.37. The minimum absolute atomic E-state index is 0. The molecule has 0 spiro atoms. The third-order valence-electron chi connectivity index (χ3n) is 3.73. The van der Waals surface area contributed by atoms with Gasteiger partial charge in [-0.15, -0.1) is 24.0 Å². The first kappa shape index (κ1) is 20.0. The van der Waals surface area contributed by atoms with Crippen molar-refractivity contribution in [2.24, 2.45) is 10.9 Å². The number of nitrogens with one attached hydrogen (secondary N) is 2. The summed E-state index contributed by atoms with van der Waals surface area (Å²) < 4.78 is 0. The van der Waals surface area contributed by atoms with Gasteiger partial charge in [0.25, 0.3) is 0 Å². The summed E-state index contributed by atoms with van der Waals surface area (Å²) in [5, 5.41) is 6.95. The Bertz CT molecular complexity index is 261. The van der Waals surface area contributed by atoms with Crippen LogP contribution in [0, 0.1) is 5.92 Å². The van der Waals surface area contributed by atoms with Crippen LogP contribution in [0.4, 0.5) is 0 Å². The summed E-state index contributed by atoms with van der Waals surface area (Å²) in [5.41, 5.74) is 0. The van der Waals surface area contributed by atoms with Gasteiger partial charge in [-0.2, -0.15) is 0 Å². The van der Waals surface area contributed by atoms with Crippen LogP contribution in [-0.4, -0.2) is 50.6 Å². The Kier molecular flexibility index (Phi) is 11.6. The third kappa shape index (κ3) is 9.00. The molecule has 0 radical (unpaired) electrons. The second-order valence-electron chi connectivity index (χ2n) is 6.02. The van der Waals surface area contributed by atoms with E-state index in [9.17, 15) is 0 Å². The third-order valence-corrected chi connectivity index (χ3v) is 3.73. The fourth-order valence-electron chi connectivity index (χ4n) is 2.50. The van der Waals surface area contributed by atoms with Gasteiger partial charge in [-0.25, -0.2) is 0 Å². The Hall–Kier alpha value is -0.0400. The summed E-state index contributed by atoms with van der Waals surface area (Å²) in [4.78, 5) is 6.87.